The quantitative estimate of drug-likeness (QED) is 0.662. The molecule has 0 N–H and O–H groups in total. The molecule has 0 nitrogen and oxygen atoms in total. The average Bonchev–Trinajstić information content (AvgIpc) is 2.23. The van der Waals surface area contributed by atoms with Crippen LogP contribution >= 0.6 is 11.6 Å². The van der Waals surface area contributed by atoms with Crippen molar-refractivity contribution in [2.45, 2.75) is 0 Å². The molecule has 0 heterocycles. The maximum Gasteiger partial charge on any atom is 0.142 e. The molecule has 0 saturated heterocycles. The van der Waals surface area contributed by atoms with Gasteiger partial charge in [0.25, 0.3) is 0 Å². The summed E-state index contributed by atoms with van der Waals surface area (Å²) in [6.45, 7) is 0. The molecule has 14 heavy (non-hydrogen) atoms. The minimum Gasteiger partial charge on any atom is -0.205 e. The van der Waals surface area contributed by atoms with E-state index in [0.717, 1.165) is 5.56 Å². The van der Waals surface area contributed by atoms with Crippen molar-refractivity contribution < 1.29 is 4.39 Å². The van der Waals surface area contributed by atoms with Crippen LogP contribution in [0.4, 0.5) is 4.39 Å². The lowest BCUT2D eigenvalue weighted by Crippen LogP contribution is -1.83. The fourth-order valence-electron chi connectivity index (χ4n) is 1.27. The highest BCUT2D eigenvalue weighted by molar-refractivity contribution is 6.33. The van der Waals surface area contributed by atoms with Crippen molar-refractivity contribution in [3.63, 3.8) is 0 Å². The molecule has 0 unspecified atom stereocenters. The molecule has 2 aromatic rings. The van der Waals surface area contributed by atoms with Crippen molar-refractivity contribution in [1.29, 1.82) is 0 Å². The summed E-state index contributed by atoms with van der Waals surface area (Å²) in [6, 6.07) is 15.2. The van der Waals surface area contributed by atoms with Crippen LogP contribution in [0.3, 0.4) is 0 Å². The maximum atomic E-state index is 13.1. The third-order valence-electron chi connectivity index (χ3n) is 1.95. The van der Waals surface area contributed by atoms with Gasteiger partial charge in [0.15, 0.2) is 0 Å². The van der Waals surface area contributed by atoms with Gasteiger partial charge in [0, 0.05) is 5.56 Å². The summed E-state index contributed by atoms with van der Waals surface area (Å²) < 4.78 is 13.1. The van der Waals surface area contributed by atoms with Crippen LogP contribution in [0.25, 0.3) is 11.1 Å². The van der Waals surface area contributed by atoms with Crippen LogP contribution in [0, 0.1) is 11.9 Å². The van der Waals surface area contributed by atoms with Gasteiger partial charge in [0.05, 0.1) is 5.02 Å². The van der Waals surface area contributed by atoms with E-state index >= 15 is 0 Å². The Morgan fingerprint density at radius 3 is 2.50 bits per heavy atom. The van der Waals surface area contributed by atoms with E-state index in [1.54, 1.807) is 0 Å². The van der Waals surface area contributed by atoms with Gasteiger partial charge in [-0.15, -0.1) is 0 Å². The molecule has 0 aliphatic carbocycles. The fourth-order valence-corrected chi connectivity index (χ4v) is 1.50. The second-order valence-electron chi connectivity index (χ2n) is 2.88. The van der Waals surface area contributed by atoms with Crippen LogP contribution in [-0.4, -0.2) is 0 Å². The highest BCUT2D eigenvalue weighted by Gasteiger charge is 2.06. The molecule has 0 amide bonds. The lowest BCUT2D eigenvalue weighted by molar-refractivity contribution is 0.628. The number of benzene rings is 2. The van der Waals surface area contributed by atoms with Gasteiger partial charge >= 0.3 is 0 Å². The van der Waals surface area contributed by atoms with Gasteiger partial charge < -0.3 is 0 Å². The lowest BCUT2D eigenvalue weighted by Gasteiger charge is -2.03. The molecule has 0 spiro atoms. The Labute approximate surface area is 87.0 Å². The molecule has 0 saturated carbocycles. The van der Waals surface area contributed by atoms with Gasteiger partial charge in [-0.2, -0.15) is 0 Å². The second kappa shape index (κ2) is 3.81. The van der Waals surface area contributed by atoms with Crippen molar-refractivity contribution in [2.24, 2.45) is 0 Å². The standard InChI is InChI=1S/C12H7ClF/c13-12-10(7-4-8-11(12)14)9-5-2-1-3-6-9/h1-6,8H. The first-order chi connectivity index (χ1) is 6.79. The largest absolute Gasteiger partial charge is 0.205 e. The Bertz CT molecular complexity index is 437. The predicted molar refractivity (Wildman–Crippen MR) is 55.7 cm³/mol. The van der Waals surface area contributed by atoms with Crippen LogP contribution in [0.15, 0.2) is 42.5 Å². The van der Waals surface area contributed by atoms with E-state index in [-0.39, 0.29) is 5.02 Å². The molecule has 0 fully saturated rings. The number of hydrogen-bond acceptors (Lipinski definition) is 0. The van der Waals surface area contributed by atoms with Crippen LogP contribution in [0.1, 0.15) is 0 Å². The summed E-state index contributed by atoms with van der Waals surface area (Å²) in [7, 11) is 0. The third-order valence-corrected chi connectivity index (χ3v) is 2.32. The highest BCUT2D eigenvalue weighted by atomic mass is 35.5. The molecule has 0 aliphatic heterocycles. The monoisotopic (exact) mass is 205 g/mol. The predicted octanol–water partition coefficient (Wildman–Crippen LogP) is 3.95. The van der Waals surface area contributed by atoms with Crippen LogP contribution in [-0.2, 0) is 0 Å². The van der Waals surface area contributed by atoms with E-state index < -0.39 is 5.82 Å². The van der Waals surface area contributed by atoms with E-state index in [0.29, 0.717) is 5.56 Å². The van der Waals surface area contributed by atoms with Crippen molar-refractivity contribution in [2.75, 3.05) is 0 Å². The van der Waals surface area contributed by atoms with Gasteiger partial charge in [-0.1, -0.05) is 48.0 Å². The molecule has 0 atom stereocenters. The summed E-state index contributed by atoms with van der Waals surface area (Å²) in [5, 5.41) is 0.124. The summed E-state index contributed by atoms with van der Waals surface area (Å²) in [4.78, 5) is 0. The van der Waals surface area contributed by atoms with E-state index in [2.05, 4.69) is 6.07 Å². The molecule has 1 radical (unpaired) electrons. The molecule has 69 valence electrons. The SMILES string of the molecule is Fc1cc[c]c(-c2ccccc2)c1Cl. The minimum absolute atomic E-state index is 0.124. The maximum absolute atomic E-state index is 13.1. The van der Waals surface area contributed by atoms with Gasteiger partial charge in [0.1, 0.15) is 5.82 Å². The van der Waals surface area contributed by atoms with Crippen molar-refractivity contribution >= 4 is 11.6 Å². The topological polar surface area (TPSA) is 0 Å². The number of rotatable bonds is 1. The van der Waals surface area contributed by atoms with E-state index in [4.69, 9.17) is 11.6 Å². The van der Waals surface area contributed by atoms with E-state index in [1.165, 1.54) is 12.1 Å². The Morgan fingerprint density at radius 2 is 1.79 bits per heavy atom. The highest BCUT2D eigenvalue weighted by Crippen LogP contribution is 2.28. The molecular formula is C12H7ClF. The first-order valence-corrected chi connectivity index (χ1v) is 4.58. The lowest BCUT2D eigenvalue weighted by atomic mass is 10.1. The molecule has 2 rings (SSSR count). The zero-order chi connectivity index (χ0) is 9.97. The molecular weight excluding hydrogens is 199 g/mol. The van der Waals surface area contributed by atoms with E-state index in [9.17, 15) is 4.39 Å². The third kappa shape index (κ3) is 1.64. The van der Waals surface area contributed by atoms with Crippen LogP contribution < -0.4 is 0 Å². The summed E-state index contributed by atoms with van der Waals surface area (Å²) >= 11 is 5.82. The van der Waals surface area contributed by atoms with Gasteiger partial charge in [-0.3, -0.25) is 0 Å². The van der Waals surface area contributed by atoms with Gasteiger partial charge in [-0.05, 0) is 17.7 Å². The molecule has 0 aliphatic rings. The first kappa shape index (κ1) is 9.22. The molecule has 2 aromatic carbocycles. The van der Waals surface area contributed by atoms with Gasteiger partial charge in [-0.25, -0.2) is 4.39 Å². The summed E-state index contributed by atoms with van der Waals surface area (Å²) in [6.07, 6.45) is 0. The Balaban J connectivity index is 2.58. The zero-order valence-electron chi connectivity index (χ0n) is 7.30. The van der Waals surface area contributed by atoms with Crippen molar-refractivity contribution in [3.05, 3.63) is 59.4 Å². The zero-order valence-corrected chi connectivity index (χ0v) is 8.05. The normalized spacial score (nSPS) is 10.1. The Morgan fingerprint density at radius 1 is 1.07 bits per heavy atom. The molecule has 2 heteroatoms. The Kier molecular flexibility index (Phi) is 2.51. The van der Waals surface area contributed by atoms with Crippen molar-refractivity contribution in [3.8, 4) is 11.1 Å². The summed E-state index contributed by atoms with van der Waals surface area (Å²) in [5.74, 6) is -0.413. The smallest absolute Gasteiger partial charge is 0.142 e. The van der Waals surface area contributed by atoms with E-state index in [1.807, 2.05) is 30.3 Å². The minimum atomic E-state index is -0.413. The van der Waals surface area contributed by atoms with Gasteiger partial charge in [0.2, 0.25) is 0 Å². The Hall–Kier alpha value is -1.34. The molecule has 0 aromatic heterocycles. The second-order valence-corrected chi connectivity index (χ2v) is 3.26. The summed E-state index contributed by atoms with van der Waals surface area (Å²) in [5.41, 5.74) is 1.48. The average molecular weight is 206 g/mol. The van der Waals surface area contributed by atoms with Crippen LogP contribution in [0.5, 0.6) is 0 Å². The van der Waals surface area contributed by atoms with Crippen LogP contribution in [0.2, 0.25) is 5.02 Å². The number of halogens is 2. The number of hydrogen-bond donors (Lipinski definition) is 0. The first-order valence-electron chi connectivity index (χ1n) is 4.20. The molecule has 0 bridgehead atoms. The fraction of sp³-hybridized carbons (Fsp3) is 0. The van der Waals surface area contributed by atoms with Crippen molar-refractivity contribution in [1.82, 2.24) is 0 Å².